The van der Waals surface area contributed by atoms with E-state index in [1.54, 1.807) is 0 Å². The standard InChI is InChI=1S/C17H28N2S/c1-5-15-11-18-16(14-9-7-6-8-10-14)12-19(15)13-17(2,3)20-4/h6-10,15-16,18H,5,11-13H2,1-4H3. The highest BCUT2D eigenvalue weighted by atomic mass is 32.2. The molecule has 0 radical (unpaired) electrons. The molecule has 1 aliphatic rings. The van der Waals surface area contributed by atoms with Crippen LogP contribution in [0, 0.1) is 0 Å². The summed E-state index contributed by atoms with van der Waals surface area (Å²) in [6.07, 6.45) is 3.44. The molecule has 3 heteroatoms. The smallest absolute Gasteiger partial charge is 0.0449 e. The van der Waals surface area contributed by atoms with E-state index in [1.165, 1.54) is 12.0 Å². The monoisotopic (exact) mass is 292 g/mol. The van der Waals surface area contributed by atoms with Gasteiger partial charge in [0.2, 0.25) is 0 Å². The fourth-order valence-electron chi connectivity index (χ4n) is 2.91. The fourth-order valence-corrected chi connectivity index (χ4v) is 3.21. The Labute approximate surface area is 128 Å². The van der Waals surface area contributed by atoms with Gasteiger partial charge in [-0.2, -0.15) is 11.8 Å². The van der Waals surface area contributed by atoms with Gasteiger partial charge in [-0.25, -0.2) is 0 Å². The second-order valence-electron chi connectivity index (χ2n) is 6.33. The predicted octanol–water partition coefficient (Wildman–Crippen LogP) is 3.55. The molecule has 1 saturated heterocycles. The van der Waals surface area contributed by atoms with E-state index in [9.17, 15) is 0 Å². The molecule has 2 rings (SSSR count). The maximum Gasteiger partial charge on any atom is 0.0449 e. The molecule has 0 bridgehead atoms. The maximum absolute atomic E-state index is 3.72. The molecule has 0 amide bonds. The number of benzene rings is 1. The van der Waals surface area contributed by atoms with Gasteiger partial charge in [-0.15, -0.1) is 0 Å². The highest BCUT2D eigenvalue weighted by Crippen LogP contribution is 2.27. The van der Waals surface area contributed by atoms with Crippen molar-refractivity contribution in [2.24, 2.45) is 0 Å². The van der Waals surface area contributed by atoms with E-state index in [0.29, 0.717) is 16.8 Å². The summed E-state index contributed by atoms with van der Waals surface area (Å²) in [5, 5.41) is 3.72. The number of hydrogen-bond acceptors (Lipinski definition) is 3. The van der Waals surface area contributed by atoms with E-state index < -0.39 is 0 Å². The summed E-state index contributed by atoms with van der Waals surface area (Å²) >= 11 is 1.97. The van der Waals surface area contributed by atoms with Crippen LogP contribution in [0.15, 0.2) is 30.3 Å². The highest BCUT2D eigenvalue weighted by molar-refractivity contribution is 7.99. The molecule has 20 heavy (non-hydrogen) atoms. The van der Waals surface area contributed by atoms with Gasteiger partial charge in [0.25, 0.3) is 0 Å². The lowest BCUT2D eigenvalue weighted by Gasteiger charge is -2.43. The third-order valence-electron chi connectivity index (χ3n) is 4.34. The Bertz CT molecular complexity index is 405. The van der Waals surface area contributed by atoms with Crippen molar-refractivity contribution in [1.82, 2.24) is 10.2 Å². The van der Waals surface area contributed by atoms with E-state index in [-0.39, 0.29) is 0 Å². The Morgan fingerprint density at radius 3 is 2.60 bits per heavy atom. The molecule has 0 saturated carbocycles. The lowest BCUT2D eigenvalue weighted by atomic mass is 9.99. The SMILES string of the molecule is CCC1CNC(c2ccccc2)CN1CC(C)(C)SC. The van der Waals surface area contributed by atoms with E-state index in [2.05, 4.69) is 67.6 Å². The Morgan fingerprint density at radius 2 is 2.00 bits per heavy atom. The Morgan fingerprint density at radius 1 is 1.30 bits per heavy atom. The van der Waals surface area contributed by atoms with E-state index in [1.807, 2.05) is 11.8 Å². The van der Waals surface area contributed by atoms with E-state index in [0.717, 1.165) is 19.6 Å². The largest absolute Gasteiger partial charge is 0.307 e. The highest BCUT2D eigenvalue weighted by Gasteiger charge is 2.31. The van der Waals surface area contributed by atoms with Crippen LogP contribution >= 0.6 is 11.8 Å². The molecule has 1 heterocycles. The second kappa shape index (κ2) is 6.97. The van der Waals surface area contributed by atoms with Crippen LogP contribution in [0.4, 0.5) is 0 Å². The molecule has 0 spiro atoms. The van der Waals surface area contributed by atoms with Crippen LogP contribution in [0.2, 0.25) is 0 Å². The molecular weight excluding hydrogens is 264 g/mol. The Balaban J connectivity index is 2.07. The first kappa shape index (κ1) is 15.9. The van der Waals surface area contributed by atoms with Gasteiger partial charge in [-0.05, 0) is 32.1 Å². The van der Waals surface area contributed by atoms with Crippen LogP contribution in [0.3, 0.4) is 0 Å². The van der Waals surface area contributed by atoms with Crippen molar-refractivity contribution in [2.45, 2.75) is 44.0 Å². The molecule has 1 fully saturated rings. The molecule has 2 atom stereocenters. The van der Waals surface area contributed by atoms with Crippen LogP contribution < -0.4 is 5.32 Å². The number of hydrogen-bond donors (Lipinski definition) is 1. The number of rotatable bonds is 5. The van der Waals surface area contributed by atoms with Crippen LogP contribution in [-0.4, -0.2) is 41.6 Å². The fraction of sp³-hybridized carbons (Fsp3) is 0.647. The predicted molar refractivity (Wildman–Crippen MR) is 90.4 cm³/mol. The lowest BCUT2D eigenvalue weighted by molar-refractivity contribution is 0.118. The molecule has 112 valence electrons. The second-order valence-corrected chi connectivity index (χ2v) is 7.84. The van der Waals surface area contributed by atoms with Crippen LogP contribution in [-0.2, 0) is 0 Å². The number of nitrogens with one attached hydrogen (secondary N) is 1. The van der Waals surface area contributed by atoms with Crippen LogP contribution in [0.5, 0.6) is 0 Å². The van der Waals surface area contributed by atoms with Gasteiger partial charge in [0.15, 0.2) is 0 Å². The molecule has 2 unspecified atom stereocenters. The van der Waals surface area contributed by atoms with Crippen molar-refractivity contribution >= 4 is 11.8 Å². The van der Waals surface area contributed by atoms with Gasteiger partial charge in [0.05, 0.1) is 0 Å². The molecule has 1 aromatic carbocycles. The summed E-state index contributed by atoms with van der Waals surface area (Å²) in [5.74, 6) is 0. The summed E-state index contributed by atoms with van der Waals surface area (Å²) < 4.78 is 0.325. The maximum atomic E-state index is 3.72. The molecule has 1 aromatic rings. The van der Waals surface area contributed by atoms with Gasteiger partial charge in [0.1, 0.15) is 0 Å². The first-order valence-electron chi connectivity index (χ1n) is 7.63. The van der Waals surface area contributed by atoms with Crippen LogP contribution in [0.25, 0.3) is 0 Å². The van der Waals surface area contributed by atoms with Gasteiger partial charge in [0, 0.05) is 36.5 Å². The minimum atomic E-state index is 0.325. The Kier molecular flexibility index (Phi) is 5.53. The third kappa shape index (κ3) is 4.00. The summed E-state index contributed by atoms with van der Waals surface area (Å²) in [6.45, 7) is 10.4. The lowest BCUT2D eigenvalue weighted by Crippen LogP contribution is -2.55. The van der Waals surface area contributed by atoms with Gasteiger partial charge in [-0.3, -0.25) is 4.90 Å². The summed E-state index contributed by atoms with van der Waals surface area (Å²) in [5.41, 5.74) is 1.41. The van der Waals surface area contributed by atoms with Crippen molar-refractivity contribution < 1.29 is 0 Å². The molecule has 0 aromatic heterocycles. The van der Waals surface area contributed by atoms with Gasteiger partial charge < -0.3 is 5.32 Å². The quantitative estimate of drug-likeness (QED) is 0.893. The topological polar surface area (TPSA) is 15.3 Å². The van der Waals surface area contributed by atoms with Crippen molar-refractivity contribution in [2.75, 3.05) is 25.9 Å². The first-order chi connectivity index (χ1) is 9.55. The number of piperazine rings is 1. The molecule has 2 nitrogen and oxygen atoms in total. The average Bonchev–Trinajstić information content (AvgIpc) is 2.48. The zero-order valence-electron chi connectivity index (χ0n) is 13.2. The van der Waals surface area contributed by atoms with Gasteiger partial charge in [-0.1, -0.05) is 37.3 Å². The molecule has 1 N–H and O–H groups in total. The number of thioether (sulfide) groups is 1. The molecular formula is C17H28N2S. The summed E-state index contributed by atoms with van der Waals surface area (Å²) in [6, 6.07) is 12.0. The zero-order chi connectivity index (χ0) is 14.6. The zero-order valence-corrected chi connectivity index (χ0v) is 14.0. The summed E-state index contributed by atoms with van der Waals surface area (Å²) in [7, 11) is 0. The average molecular weight is 292 g/mol. The number of nitrogens with zero attached hydrogens (tertiary/aromatic N) is 1. The molecule has 1 aliphatic heterocycles. The Hall–Kier alpha value is -0.510. The van der Waals surface area contributed by atoms with Crippen LogP contribution in [0.1, 0.15) is 38.8 Å². The van der Waals surface area contributed by atoms with E-state index >= 15 is 0 Å². The first-order valence-corrected chi connectivity index (χ1v) is 8.85. The molecule has 0 aliphatic carbocycles. The van der Waals surface area contributed by atoms with Crippen molar-refractivity contribution in [3.05, 3.63) is 35.9 Å². The third-order valence-corrected chi connectivity index (χ3v) is 5.58. The van der Waals surface area contributed by atoms with Crippen molar-refractivity contribution in [1.29, 1.82) is 0 Å². The minimum absolute atomic E-state index is 0.325. The van der Waals surface area contributed by atoms with Gasteiger partial charge >= 0.3 is 0 Å². The van der Waals surface area contributed by atoms with E-state index in [4.69, 9.17) is 0 Å². The summed E-state index contributed by atoms with van der Waals surface area (Å²) in [4.78, 5) is 2.69. The minimum Gasteiger partial charge on any atom is -0.307 e. The van der Waals surface area contributed by atoms with Crippen molar-refractivity contribution in [3.8, 4) is 0 Å². The normalized spacial score (nSPS) is 24.8. The van der Waals surface area contributed by atoms with Crippen molar-refractivity contribution in [3.63, 3.8) is 0 Å².